The van der Waals surface area contributed by atoms with Gasteiger partial charge in [0.2, 0.25) is 0 Å². The highest BCUT2D eigenvalue weighted by Gasteiger charge is 2.15. The molecule has 1 aliphatic rings. The number of aromatic nitrogens is 1. The number of halogens is 2. The van der Waals surface area contributed by atoms with Crippen LogP contribution in [-0.2, 0) is 12.8 Å². The molecule has 1 aromatic heterocycles. The summed E-state index contributed by atoms with van der Waals surface area (Å²) in [7, 11) is 0. The van der Waals surface area contributed by atoms with Crippen LogP contribution in [0.5, 0.6) is 0 Å². The molecule has 0 amide bonds. The van der Waals surface area contributed by atoms with Crippen molar-refractivity contribution in [1.29, 1.82) is 0 Å². The Hall–Kier alpha value is -1.48. The normalized spacial score (nSPS) is 14.8. The molecule has 0 fully saturated rings. The third kappa shape index (κ3) is 2.41. The van der Waals surface area contributed by atoms with Gasteiger partial charge >= 0.3 is 0 Å². The fourth-order valence-corrected chi connectivity index (χ4v) is 3.76. The average Bonchev–Trinajstić information content (AvgIpc) is 2.68. The molecular weight excluding hydrogens is 315 g/mol. The number of benzene rings is 2. The maximum atomic E-state index is 6.36. The van der Waals surface area contributed by atoms with E-state index in [2.05, 4.69) is 28.5 Å². The Bertz CT molecular complexity index is 852. The Morgan fingerprint density at radius 2 is 1.77 bits per heavy atom. The minimum Gasteiger partial charge on any atom is -0.358 e. The fourth-order valence-electron chi connectivity index (χ4n) is 3.25. The minimum absolute atomic E-state index is 0.663. The standard InChI is InChI=1S/C18H16Cl2N2/c19-12-2-3-13(16(20)10-12)11-1-4-17-15(9-11)14-5-7-21-8-6-18(14)22-17/h1-4,9-10,21-22H,5-8H2. The van der Waals surface area contributed by atoms with Crippen molar-refractivity contribution in [3.05, 3.63) is 57.7 Å². The van der Waals surface area contributed by atoms with Gasteiger partial charge in [0, 0.05) is 45.2 Å². The molecule has 2 heterocycles. The predicted molar refractivity (Wildman–Crippen MR) is 94.0 cm³/mol. The van der Waals surface area contributed by atoms with Crippen molar-refractivity contribution in [2.75, 3.05) is 13.1 Å². The summed E-state index contributed by atoms with van der Waals surface area (Å²) in [5, 5.41) is 6.11. The molecule has 0 spiro atoms. The van der Waals surface area contributed by atoms with Gasteiger partial charge in [-0.05, 0) is 48.4 Å². The maximum absolute atomic E-state index is 6.36. The second-order valence-corrected chi connectivity index (χ2v) is 6.56. The highest BCUT2D eigenvalue weighted by atomic mass is 35.5. The first kappa shape index (κ1) is 14.1. The third-order valence-electron chi connectivity index (χ3n) is 4.34. The number of rotatable bonds is 1. The molecular formula is C18H16Cl2N2. The molecule has 2 aromatic carbocycles. The van der Waals surface area contributed by atoms with Crippen LogP contribution in [-0.4, -0.2) is 18.1 Å². The molecule has 0 saturated heterocycles. The van der Waals surface area contributed by atoms with Gasteiger partial charge in [-0.25, -0.2) is 0 Å². The predicted octanol–water partition coefficient (Wildman–Crippen LogP) is 4.83. The second kappa shape index (κ2) is 5.62. The van der Waals surface area contributed by atoms with E-state index in [1.807, 2.05) is 12.1 Å². The van der Waals surface area contributed by atoms with Gasteiger partial charge in [-0.2, -0.15) is 0 Å². The zero-order valence-electron chi connectivity index (χ0n) is 12.0. The number of nitrogens with one attached hydrogen (secondary N) is 2. The summed E-state index contributed by atoms with van der Waals surface area (Å²) >= 11 is 12.4. The zero-order valence-corrected chi connectivity index (χ0v) is 13.6. The molecule has 2 N–H and O–H groups in total. The molecule has 0 aliphatic carbocycles. The molecule has 112 valence electrons. The quantitative estimate of drug-likeness (QED) is 0.657. The molecule has 0 saturated carbocycles. The number of hydrogen-bond acceptors (Lipinski definition) is 1. The van der Waals surface area contributed by atoms with Crippen LogP contribution in [0, 0.1) is 0 Å². The van der Waals surface area contributed by atoms with Gasteiger partial charge in [0.05, 0.1) is 0 Å². The minimum atomic E-state index is 0.663. The van der Waals surface area contributed by atoms with Gasteiger partial charge in [0.25, 0.3) is 0 Å². The molecule has 1 aliphatic heterocycles. The maximum Gasteiger partial charge on any atom is 0.0499 e. The van der Waals surface area contributed by atoms with Crippen LogP contribution >= 0.6 is 23.2 Å². The SMILES string of the molecule is Clc1ccc(-c2ccc3[nH]c4c(c3c2)CCNCC4)c(Cl)c1. The van der Waals surface area contributed by atoms with Crippen LogP contribution < -0.4 is 5.32 Å². The molecule has 4 heteroatoms. The Morgan fingerprint density at radius 3 is 2.64 bits per heavy atom. The van der Waals surface area contributed by atoms with Gasteiger partial charge in [-0.1, -0.05) is 35.3 Å². The Labute approximate surface area is 139 Å². The smallest absolute Gasteiger partial charge is 0.0499 e. The molecule has 4 rings (SSSR count). The van der Waals surface area contributed by atoms with Crippen molar-refractivity contribution in [1.82, 2.24) is 10.3 Å². The van der Waals surface area contributed by atoms with E-state index in [0.29, 0.717) is 10.0 Å². The number of aromatic amines is 1. The highest BCUT2D eigenvalue weighted by molar-refractivity contribution is 6.36. The zero-order chi connectivity index (χ0) is 15.1. The first-order valence-corrected chi connectivity index (χ1v) is 8.27. The average molecular weight is 331 g/mol. The topological polar surface area (TPSA) is 27.8 Å². The monoisotopic (exact) mass is 330 g/mol. The first-order valence-electron chi connectivity index (χ1n) is 7.52. The van der Waals surface area contributed by atoms with E-state index in [4.69, 9.17) is 23.2 Å². The second-order valence-electron chi connectivity index (χ2n) is 5.72. The van der Waals surface area contributed by atoms with E-state index in [1.54, 1.807) is 6.07 Å². The summed E-state index contributed by atoms with van der Waals surface area (Å²) in [6, 6.07) is 12.2. The highest BCUT2D eigenvalue weighted by Crippen LogP contribution is 2.34. The van der Waals surface area contributed by atoms with Gasteiger partial charge in [-0.15, -0.1) is 0 Å². The Morgan fingerprint density at radius 1 is 0.909 bits per heavy atom. The van der Waals surface area contributed by atoms with Crippen LogP contribution in [0.4, 0.5) is 0 Å². The van der Waals surface area contributed by atoms with Crippen LogP contribution in [0.3, 0.4) is 0 Å². The van der Waals surface area contributed by atoms with Gasteiger partial charge in [0.1, 0.15) is 0 Å². The van der Waals surface area contributed by atoms with Crippen LogP contribution in [0.1, 0.15) is 11.3 Å². The molecule has 22 heavy (non-hydrogen) atoms. The largest absolute Gasteiger partial charge is 0.358 e. The lowest BCUT2D eigenvalue weighted by molar-refractivity contribution is 0.708. The Kier molecular flexibility index (Phi) is 3.61. The molecule has 3 aromatic rings. The van der Waals surface area contributed by atoms with Gasteiger partial charge < -0.3 is 10.3 Å². The van der Waals surface area contributed by atoms with E-state index in [9.17, 15) is 0 Å². The fraction of sp³-hybridized carbons (Fsp3) is 0.222. The third-order valence-corrected chi connectivity index (χ3v) is 4.89. The molecule has 0 radical (unpaired) electrons. The molecule has 2 nitrogen and oxygen atoms in total. The Balaban J connectivity index is 1.88. The van der Waals surface area contributed by atoms with Gasteiger partial charge in [0.15, 0.2) is 0 Å². The summed E-state index contributed by atoms with van der Waals surface area (Å²) < 4.78 is 0. The first-order chi connectivity index (χ1) is 10.7. The van der Waals surface area contributed by atoms with Crippen molar-refractivity contribution in [3.8, 4) is 11.1 Å². The number of hydrogen-bond donors (Lipinski definition) is 2. The van der Waals surface area contributed by atoms with Crippen molar-refractivity contribution < 1.29 is 0 Å². The summed E-state index contributed by atoms with van der Waals surface area (Å²) in [4.78, 5) is 3.56. The summed E-state index contributed by atoms with van der Waals surface area (Å²) in [6.45, 7) is 2.07. The van der Waals surface area contributed by atoms with Crippen LogP contribution in [0.25, 0.3) is 22.0 Å². The van der Waals surface area contributed by atoms with Crippen LogP contribution in [0.15, 0.2) is 36.4 Å². The van der Waals surface area contributed by atoms with Crippen molar-refractivity contribution in [3.63, 3.8) is 0 Å². The van der Waals surface area contributed by atoms with Crippen LogP contribution in [0.2, 0.25) is 10.0 Å². The lowest BCUT2D eigenvalue weighted by Gasteiger charge is -2.06. The lowest BCUT2D eigenvalue weighted by Crippen LogP contribution is -2.16. The molecule has 0 unspecified atom stereocenters. The summed E-state index contributed by atoms with van der Waals surface area (Å²) in [5.41, 5.74) is 6.16. The van der Waals surface area contributed by atoms with Crippen molar-refractivity contribution >= 4 is 34.1 Å². The molecule has 0 bridgehead atoms. The van der Waals surface area contributed by atoms with E-state index in [0.717, 1.165) is 37.1 Å². The molecule has 0 atom stereocenters. The van der Waals surface area contributed by atoms with E-state index in [1.165, 1.54) is 22.2 Å². The lowest BCUT2D eigenvalue weighted by atomic mass is 10.0. The summed E-state index contributed by atoms with van der Waals surface area (Å²) in [6.07, 6.45) is 2.12. The van der Waals surface area contributed by atoms with E-state index < -0.39 is 0 Å². The summed E-state index contributed by atoms with van der Waals surface area (Å²) in [5.74, 6) is 0. The van der Waals surface area contributed by atoms with E-state index in [-0.39, 0.29) is 0 Å². The van der Waals surface area contributed by atoms with Crippen molar-refractivity contribution in [2.45, 2.75) is 12.8 Å². The van der Waals surface area contributed by atoms with Gasteiger partial charge in [-0.3, -0.25) is 0 Å². The number of fused-ring (bicyclic) bond motifs is 3. The van der Waals surface area contributed by atoms with E-state index >= 15 is 0 Å². The number of H-pyrrole nitrogens is 1. The van der Waals surface area contributed by atoms with Crippen molar-refractivity contribution in [2.24, 2.45) is 0 Å².